The second-order valence-electron chi connectivity index (χ2n) is 5.53. The molecule has 0 aliphatic carbocycles. The third-order valence-corrected chi connectivity index (χ3v) is 4.83. The molecule has 8 heteroatoms. The third-order valence-electron chi connectivity index (χ3n) is 3.22. The average molecular weight is 319 g/mol. The number of aromatic nitrogens is 2. The van der Waals surface area contributed by atoms with Crippen molar-refractivity contribution in [2.75, 3.05) is 17.8 Å². The lowest BCUT2D eigenvalue weighted by molar-refractivity contribution is 0.223. The Morgan fingerprint density at radius 1 is 1.30 bits per heavy atom. The summed E-state index contributed by atoms with van der Waals surface area (Å²) in [6.07, 6.45) is 1.04. The van der Waals surface area contributed by atoms with Crippen molar-refractivity contribution in [1.82, 2.24) is 14.3 Å². The van der Waals surface area contributed by atoms with Crippen LogP contribution in [0.1, 0.15) is 26.0 Å². The Morgan fingerprint density at radius 3 is 2.45 bits per heavy atom. The Kier molecular flexibility index (Phi) is 4.51. The van der Waals surface area contributed by atoms with Crippen LogP contribution in [0.5, 0.6) is 0 Å². The maximum Gasteiger partial charge on any atom is 0.303 e. The number of halogens is 1. The van der Waals surface area contributed by atoms with Crippen LogP contribution >= 0.6 is 11.6 Å². The molecule has 0 saturated carbocycles. The fourth-order valence-electron chi connectivity index (χ4n) is 2.56. The van der Waals surface area contributed by atoms with E-state index >= 15 is 0 Å². The summed E-state index contributed by atoms with van der Waals surface area (Å²) in [5, 5.41) is 0.218. The van der Waals surface area contributed by atoms with Gasteiger partial charge in [0, 0.05) is 18.8 Å². The highest BCUT2D eigenvalue weighted by molar-refractivity contribution is 7.90. The van der Waals surface area contributed by atoms with Gasteiger partial charge in [-0.1, -0.05) is 25.4 Å². The number of nitrogens with one attached hydrogen (secondary N) is 1. The molecule has 0 amide bonds. The first-order chi connectivity index (χ1) is 9.26. The highest BCUT2D eigenvalue weighted by Gasteiger charge is 2.31. The largest absolute Gasteiger partial charge is 0.303 e. The maximum atomic E-state index is 12.4. The zero-order valence-electron chi connectivity index (χ0n) is 11.8. The van der Waals surface area contributed by atoms with Gasteiger partial charge in [-0.2, -0.15) is 12.7 Å². The van der Waals surface area contributed by atoms with E-state index in [1.807, 2.05) is 0 Å². The number of nitrogens with zero attached hydrogens (tertiary/aromatic N) is 3. The summed E-state index contributed by atoms with van der Waals surface area (Å²) < 4.78 is 28.6. The van der Waals surface area contributed by atoms with E-state index in [0.29, 0.717) is 30.6 Å². The van der Waals surface area contributed by atoms with Crippen molar-refractivity contribution in [3.05, 3.63) is 16.9 Å². The minimum Gasteiger partial charge on any atom is -0.238 e. The molecule has 1 saturated heterocycles. The fraction of sp³-hybridized carbons (Fsp3) is 0.667. The van der Waals surface area contributed by atoms with Gasteiger partial charge in [0.1, 0.15) is 5.15 Å². The second kappa shape index (κ2) is 5.83. The Hall–Kier alpha value is -0.920. The third kappa shape index (κ3) is 3.80. The lowest BCUT2D eigenvalue weighted by atomic mass is 9.94. The van der Waals surface area contributed by atoms with Gasteiger partial charge in [0.05, 0.1) is 0 Å². The second-order valence-corrected chi connectivity index (χ2v) is 7.58. The van der Waals surface area contributed by atoms with Crippen molar-refractivity contribution in [3.63, 3.8) is 0 Å². The van der Waals surface area contributed by atoms with Crippen LogP contribution in [0.3, 0.4) is 0 Å². The van der Waals surface area contributed by atoms with E-state index in [2.05, 4.69) is 28.5 Å². The van der Waals surface area contributed by atoms with Crippen LogP contribution in [0.15, 0.2) is 6.07 Å². The lowest BCUT2D eigenvalue weighted by Gasteiger charge is -2.33. The fourth-order valence-corrected chi connectivity index (χ4v) is 4.15. The molecular formula is C12H19ClN4O2S. The van der Waals surface area contributed by atoms with Crippen molar-refractivity contribution >= 4 is 27.8 Å². The molecule has 0 spiro atoms. The summed E-state index contributed by atoms with van der Waals surface area (Å²) >= 11 is 5.81. The van der Waals surface area contributed by atoms with Crippen LogP contribution < -0.4 is 4.72 Å². The first-order valence-electron chi connectivity index (χ1n) is 6.55. The molecule has 112 valence electrons. The Balaban J connectivity index is 2.18. The van der Waals surface area contributed by atoms with Crippen LogP contribution in [-0.2, 0) is 10.2 Å². The number of anilines is 1. The van der Waals surface area contributed by atoms with E-state index in [1.54, 1.807) is 13.0 Å². The molecule has 1 aromatic rings. The number of piperidine rings is 1. The van der Waals surface area contributed by atoms with Gasteiger partial charge in [-0.25, -0.2) is 14.7 Å². The molecule has 1 fully saturated rings. The van der Waals surface area contributed by atoms with Crippen LogP contribution in [0.4, 0.5) is 5.95 Å². The van der Waals surface area contributed by atoms with E-state index < -0.39 is 10.2 Å². The molecule has 1 N–H and O–H groups in total. The standard InChI is InChI=1S/C12H19ClN4O2S/c1-8-4-9(2)7-17(6-8)20(18,19)16-12-14-10(3)5-11(13)15-12/h5,8-9H,4,6-7H2,1-3H3,(H,14,15,16). The number of aryl methyl sites for hydroxylation is 1. The van der Waals surface area contributed by atoms with Gasteiger partial charge < -0.3 is 0 Å². The van der Waals surface area contributed by atoms with Crippen molar-refractivity contribution < 1.29 is 8.42 Å². The molecule has 2 rings (SSSR count). The first-order valence-corrected chi connectivity index (χ1v) is 8.37. The Bertz CT molecular complexity index is 563. The van der Waals surface area contributed by atoms with Crippen LogP contribution in [0, 0.1) is 18.8 Å². The molecule has 1 aliphatic rings. The summed E-state index contributed by atoms with van der Waals surface area (Å²) in [6.45, 7) is 6.87. The van der Waals surface area contributed by atoms with Gasteiger partial charge >= 0.3 is 10.2 Å². The van der Waals surface area contributed by atoms with E-state index in [0.717, 1.165) is 6.42 Å². The number of hydrogen-bond acceptors (Lipinski definition) is 4. The molecule has 20 heavy (non-hydrogen) atoms. The molecule has 2 unspecified atom stereocenters. The van der Waals surface area contributed by atoms with Crippen LogP contribution in [-0.4, -0.2) is 35.8 Å². The molecule has 1 aromatic heterocycles. The normalized spacial score (nSPS) is 24.6. The Labute approximate surface area is 124 Å². The van der Waals surface area contributed by atoms with E-state index in [1.165, 1.54) is 4.31 Å². The van der Waals surface area contributed by atoms with Gasteiger partial charge in [0.15, 0.2) is 0 Å². The van der Waals surface area contributed by atoms with Crippen molar-refractivity contribution in [2.24, 2.45) is 11.8 Å². The highest BCUT2D eigenvalue weighted by Crippen LogP contribution is 2.23. The molecule has 0 aromatic carbocycles. The molecule has 0 bridgehead atoms. The Morgan fingerprint density at radius 2 is 1.90 bits per heavy atom. The summed E-state index contributed by atoms with van der Waals surface area (Å²) in [4.78, 5) is 7.93. The predicted molar refractivity (Wildman–Crippen MR) is 78.8 cm³/mol. The van der Waals surface area contributed by atoms with Crippen molar-refractivity contribution in [2.45, 2.75) is 27.2 Å². The highest BCUT2D eigenvalue weighted by atomic mass is 35.5. The minimum atomic E-state index is -3.64. The van der Waals surface area contributed by atoms with E-state index in [4.69, 9.17) is 11.6 Å². The first kappa shape index (κ1) is 15.5. The van der Waals surface area contributed by atoms with Gasteiger partial charge in [-0.3, -0.25) is 0 Å². The van der Waals surface area contributed by atoms with Crippen LogP contribution in [0.2, 0.25) is 5.15 Å². The predicted octanol–water partition coefficient (Wildman–Crippen LogP) is 2.07. The number of rotatable bonds is 3. The minimum absolute atomic E-state index is 0.0147. The zero-order chi connectivity index (χ0) is 14.9. The lowest BCUT2D eigenvalue weighted by Crippen LogP contribution is -2.45. The van der Waals surface area contributed by atoms with E-state index in [9.17, 15) is 8.42 Å². The van der Waals surface area contributed by atoms with Crippen LogP contribution in [0.25, 0.3) is 0 Å². The monoisotopic (exact) mass is 318 g/mol. The quantitative estimate of drug-likeness (QED) is 0.866. The van der Waals surface area contributed by atoms with Gasteiger partial charge in [0.2, 0.25) is 5.95 Å². The van der Waals surface area contributed by atoms with Gasteiger partial charge in [0.25, 0.3) is 0 Å². The maximum absolute atomic E-state index is 12.4. The molecule has 2 heterocycles. The van der Waals surface area contributed by atoms with E-state index in [-0.39, 0.29) is 11.1 Å². The zero-order valence-corrected chi connectivity index (χ0v) is 13.4. The molecule has 6 nitrogen and oxygen atoms in total. The summed E-state index contributed by atoms with van der Waals surface area (Å²) in [5.41, 5.74) is 0.614. The topological polar surface area (TPSA) is 75.2 Å². The van der Waals surface area contributed by atoms with Gasteiger partial charge in [-0.05, 0) is 31.2 Å². The molecule has 2 atom stereocenters. The van der Waals surface area contributed by atoms with Crippen molar-refractivity contribution in [3.8, 4) is 0 Å². The summed E-state index contributed by atoms with van der Waals surface area (Å²) in [5.74, 6) is 0.704. The molecule has 1 aliphatic heterocycles. The molecular weight excluding hydrogens is 300 g/mol. The summed E-state index contributed by atoms with van der Waals surface area (Å²) in [7, 11) is -3.64. The number of hydrogen-bond donors (Lipinski definition) is 1. The molecule has 0 radical (unpaired) electrons. The summed E-state index contributed by atoms with van der Waals surface area (Å²) in [6, 6.07) is 1.57. The van der Waals surface area contributed by atoms with Gasteiger partial charge in [-0.15, -0.1) is 0 Å². The average Bonchev–Trinajstić information content (AvgIpc) is 2.25. The smallest absolute Gasteiger partial charge is 0.238 e. The van der Waals surface area contributed by atoms with Crippen molar-refractivity contribution in [1.29, 1.82) is 0 Å². The SMILES string of the molecule is Cc1cc(Cl)nc(NS(=O)(=O)N2CC(C)CC(C)C2)n1.